The number of carbonyl (C=O) groups is 3. The maximum absolute atomic E-state index is 12.1. The van der Waals surface area contributed by atoms with Crippen molar-refractivity contribution in [2.75, 3.05) is 26.3 Å². The van der Waals surface area contributed by atoms with Crippen molar-refractivity contribution in [2.24, 2.45) is 0 Å². The van der Waals surface area contributed by atoms with Crippen LogP contribution in [-0.4, -0.2) is 61.3 Å². The summed E-state index contributed by atoms with van der Waals surface area (Å²) >= 11 is 0. The van der Waals surface area contributed by atoms with Crippen LogP contribution in [0.15, 0.2) is 30.3 Å². The molecule has 8 heteroatoms. The molecule has 154 valence electrons. The van der Waals surface area contributed by atoms with Crippen molar-refractivity contribution >= 4 is 18.0 Å². The fourth-order valence-electron chi connectivity index (χ4n) is 2.82. The standard InChI is InChI=1S/C20H28N2O6/c1-3-26-19(24)15(2)21-18(23)14-27-17-9-11-22(12-10-17)20(25)28-13-16-7-5-4-6-8-16/h4-8,15,17H,3,9-14H2,1-2H3,(H,21,23). The molecule has 1 aromatic carbocycles. The van der Waals surface area contributed by atoms with Crippen LogP contribution in [0.3, 0.4) is 0 Å². The predicted octanol–water partition coefficient (Wildman–Crippen LogP) is 1.87. The third kappa shape index (κ3) is 7.19. The summed E-state index contributed by atoms with van der Waals surface area (Å²) in [5, 5.41) is 2.54. The topological polar surface area (TPSA) is 94.2 Å². The number of carbonyl (C=O) groups excluding carboxylic acids is 3. The number of nitrogens with zero attached hydrogens (tertiary/aromatic N) is 1. The Labute approximate surface area is 165 Å². The first-order chi connectivity index (χ1) is 13.5. The second-order valence-corrected chi connectivity index (χ2v) is 6.58. The zero-order chi connectivity index (χ0) is 20.4. The highest BCUT2D eigenvalue weighted by Gasteiger charge is 2.25. The minimum Gasteiger partial charge on any atom is -0.464 e. The van der Waals surface area contributed by atoms with E-state index in [1.165, 1.54) is 0 Å². The number of benzene rings is 1. The number of ether oxygens (including phenoxy) is 3. The van der Waals surface area contributed by atoms with Gasteiger partial charge in [0.25, 0.3) is 0 Å². The normalized spacial score (nSPS) is 15.6. The Morgan fingerprint density at radius 1 is 1.14 bits per heavy atom. The molecule has 2 rings (SSSR count). The Bertz CT molecular complexity index is 643. The van der Waals surface area contributed by atoms with Crippen LogP contribution >= 0.6 is 0 Å². The molecule has 0 bridgehead atoms. The summed E-state index contributed by atoms with van der Waals surface area (Å²) in [5.74, 6) is -0.844. The van der Waals surface area contributed by atoms with E-state index >= 15 is 0 Å². The van der Waals surface area contributed by atoms with Crippen LogP contribution in [0.25, 0.3) is 0 Å². The molecule has 0 saturated carbocycles. The van der Waals surface area contributed by atoms with Crippen molar-refractivity contribution in [1.29, 1.82) is 0 Å². The van der Waals surface area contributed by atoms with Gasteiger partial charge < -0.3 is 24.4 Å². The highest BCUT2D eigenvalue weighted by Crippen LogP contribution is 2.15. The van der Waals surface area contributed by atoms with E-state index < -0.39 is 12.0 Å². The first kappa shape index (κ1) is 21.7. The van der Waals surface area contributed by atoms with Gasteiger partial charge >= 0.3 is 12.1 Å². The van der Waals surface area contributed by atoms with Crippen LogP contribution in [0.2, 0.25) is 0 Å². The van der Waals surface area contributed by atoms with Crippen LogP contribution in [0, 0.1) is 0 Å². The number of nitrogens with one attached hydrogen (secondary N) is 1. The largest absolute Gasteiger partial charge is 0.464 e. The molecule has 2 amide bonds. The molecule has 1 aromatic rings. The Hall–Kier alpha value is -2.61. The number of rotatable bonds is 8. The Morgan fingerprint density at radius 3 is 2.46 bits per heavy atom. The molecule has 1 N–H and O–H groups in total. The smallest absolute Gasteiger partial charge is 0.410 e. The van der Waals surface area contributed by atoms with Gasteiger partial charge in [-0.05, 0) is 32.3 Å². The summed E-state index contributed by atoms with van der Waals surface area (Å²) < 4.78 is 15.8. The maximum Gasteiger partial charge on any atom is 0.410 e. The van der Waals surface area contributed by atoms with Crippen LogP contribution < -0.4 is 5.32 Å². The van der Waals surface area contributed by atoms with E-state index in [1.54, 1.807) is 18.7 Å². The van der Waals surface area contributed by atoms with Gasteiger partial charge in [-0.3, -0.25) is 4.79 Å². The zero-order valence-corrected chi connectivity index (χ0v) is 16.4. The SMILES string of the molecule is CCOC(=O)C(C)NC(=O)COC1CCN(C(=O)OCc2ccccc2)CC1. The van der Waals surface area contributed by atoms with E-state index in [0.29, 0.717) is 25.9 Å². The van der Waals surface area contributed by atoms with Crippen molar-refractivity contribution in [3.63, 3.8) is 0 Å². The number of esters is 1. The van der Waals surface area contributed by atoms with Crippen LogP contribution in [0.5, 0.6) is 0 Å². The minimum atomic E-state index is -0.711. The molecule has 28 heavy (non-hydrogen) atoms. The quantitative estimate of drug-likeness (QED) is 0.679. The molecule has 0 aromatic heterocycles. The molecule has 1 heterocycles. The lowest BCUT2D eigenvalue weighted by Crippen LogP contribution is -2.44. The molecule has 1 atom stereocenters. The highest BCUT2D eigenvalue weighted by atomic mass is 16.6. The van der Waals surface area contributed by atoms with Crippen molar-refractivity contribution < 1.29 is 28.6 Å². The van der Waals surface area contributed by atoms with Gasteiger partial charge in [0.05, 0.1) is 12.7 Å². The molecule has 1 aliphatic heterocycles. The molecule has 1 fully saturated rings. The van der Waals surface area contributed by atoms with Gasteiger partial charge in [0.15, 0.2) is 0 Å². The van der Waals surface area contributed by atoms with E-state index in [4.69, 9.17) is 14.2 Å². The van der Waals surface area contributed by atoms with Crippen molar-refractivity contribution in [3.8, 4) is 0 Å². The summed E-state index contributed by atoms with van der Waals surface area (Å²) in [5.41, 5.74) is 0.942. The fraction of sp³-hybridized carbons (Fsp3) is 0.550. The van der Waals surface area contributed by atoms with Crippen LogP contribution in [0.1, 0.15) is 32.3 Å². The summed E-state index contributed by atoms with van der Waals surface area (Å²) in [4.78, 5) is 37.2. The highest BCUT2D eigenvalue weighted by molar-refractivity contribution is 5.84. The molecule has 8 nitrogen and oxygen atoms in total. The van der Waals surface area contributed by atoms with E-state index in [-0.39, 0.29) is 37.9 Å². The summed E-state index contributed by atoms with van der Waals surface area (Å²) in [6.45, 7) is 4.68. The molecule has 0 radical (unpaired) electrons. The lowest BCUT2D eigenvalue weighted by atomic mass is 10.1. The third-order valence-electron chi connectivity index (χ3n) is 4.37. The first-order valence-corrected chi connectivity index (χ1v) is 9.52. The van der Waals surface area contributed by atoms with Gasteiger partial charge in [-0.2, -0.15) is 0 Å². The van der Waals surface area contributed by atoms with Gasteiger partial charge in [-0.15, -0.1) is 0 Å². The monoisotopic (exact) mass is 392 g/mol. The fourth-order valence-corrected chi connectivity index (χ4v) is 2.82. The molecule has 0 spiro atoms. The predicted molar refractivity (Wildman–Crippen MR) is 101 cm³/mol. The number of piperidine rings is 1. The van der Waals surface area contributed by atoms with Gasteiger partial charge in [-0.25, -0.2) is 9.59 Å². The number of hydrogen-bond acceptors (Lipinski definition) is 6. The van der Waals surface area contributed by atoms with Gasteiger partial charge in [0.1, 0.15) is 19.3 Å². The second-order valence-electron chi connectivity index (χ2n) is 6.58. The third-order valence-corrected chi connectivity index (χ3v) is 4.37. The second kappa shape index (κ2) is 11.3. The Morgan fingerprint density at radius 2 is 1.82 bits per heavy atom. The summed E-state index contributed by atoms with van der Waals surface area (Å²) in [6, 6.07) is 8.80. The number of hydrogen-bond donors (Lipinski definition) is 1. The minimum absolute atomic E-state index is 0.109. The van der Waals surface area contributed by atoms with Gasteiger partial charge in [0.2, 0.25) is 5.91 Å². The van der Waals surface area contributed by atoms with Gasteiger partial charge in [-0.1, -0.05) is 30.3 Å². The van der Waals surface area contributed by atoms with Crippen LogP contribution in [-0.2, 0) is 30.4 Å². The van der Waals surface area contributed by atoms with E-state index in [1.807, 2.05) is 30.3 Å². The molecular weight excluding hydrogens is 364 g/mol. The zero-order valence-electron chi connectivity index (χ0n) is 16.4. The van der Waals surface area contributed by atoms with Gasteiger partial charge in [0, 0.05) is 13.1 Å². The van der Waals surface area contributed by atoms with Crippen molar-refractivity contribution in [3.05, 3.63) is 35.9 Å². The van der Waals surface area contributed by atoms with Crippen LogP contribution in [0.4, 0.5) is 4.79 Å². The van der Waals surface area contributed by atoms with Crippen molar-refractivity contribution in [1.82, 2.24) is 10.2 Å². The Balaban J connectivity index is 1.63. The molecule has 0 aliphatic carbocycles. The van der Waals surface area contributed by atoms with E-state index in [0.717, 1.165) is 5.56 Å². The molecule has 1 aliphatic rings. The summed E-state index contributed by atoms with van der Waals surface area (Å²) in [6.07, 6.45) is 0.799. The first-order valence-electron chi connectivity index (χ1n) is 9.52. The average Bonchev–Trinajstić information content (AvgIpc) is 2.71. The molecule has 1 unspecified atom stereocenters. The number of amides is 2. The molecule has 1 saturated heterocycles. The average molecular weight is 392 g/mol. The van der Waals surface area contributed by atoms with E-state index in [2.05, 4.69) is 5.32 Å². The van der Waals surface area contributed by atoms with Crippen molar-refractivity contribution in [2.45, 2.75) is 45.4 Å². The lowest BCUT2D eigenvalue weighted by molar-refractivity contribution is -0.147. The lowest BCUT2D eigenvalue weighted by Gasteiger charge is -2.31. The maximum atomic E-state index is 12.1. The summed E-state index contributed by atoms with van der Waals surface area (Å²) in [7, 11) is 0. The molecular formula is C20H28N2O6. The number of likely N-dealkylation sites (tertiary alicyclic amines) is 1. The van der Waals surface area contributed by atoms with E-state index in [9.17, 15) is 14.4 Å². The Kier molecular flexibility index (Phi) is 8.74.